The molecule has 150 valence electrons. The predicted octanol–water partition coefficient (Wildman–Crippen LogP) is 3.70. The van der Waals surface area contributed by atoms with E-state index in [0.717, 1.165) is 5.56 Å². The smallest absolute Gasteiger partial charge is 0.272 e. The van der Waals surface area contributed by atoms with Gasteiger partial charge in [-0.2, -0.15) is 5.26 Å². The summed E-state index contributed by atoms with van der Waals surface area (Å²) >= 11 is 6.33. The number of hydrogen-bond acceptors (Lipinski definition) is 4. The molecule has 0 saturated heterocycles. The van der Waals surface area contributed by atoms with Crippen molar-refractivity contribution in [1.29, 1.82) is 5.26 Å². The molecule has 0 unspecified atom stereocenters. The van der Waals surface area contributed by atoms with Gasteiger partial charge in [0, 0.05) is 0 Å². The minimum Gasteiger partial charge on any atom is -0.280 e. The lowest BCUT2D eigenvalue weighted by Crippen LogP contribution is -2.13. The summed E-state index contributed by atoms with van der Waals surface area (Å²) in [7, 11) is -4.00. The minimum absolute atomic E-state index is 0.0757. The molecule has 4 rings (SSSR count). The van der Waals surface area contributed by atoms with Crippen LogP contribution < -0.4 is 10.3 Å². The number of nitrogens with one attached hydrogen (secondary N) is 2. The summed E-state index contributed by atoms with van der Waals surface area (Å²) < 4.78 is 29.5. The number of H-pyrrole nitrogens is 1. The van der Waals surface area contributed by atoms with E-state index in [1.807, 2.05) is 36.4 Å². The second-order valence-corrected chi connectivity index (χ2v) is 8.70. The average Bonchev–Trinajstić information content (AvgIpc) is 3.03. The van der Waals surface area contributed by atoms with Gasteiger partial charge < -0.3 is 0 Å². The Hall–Kier alpha value is -3.54. The molecule has 0 atom stereocenters. The number of anilines is 1. The third kappa shape index (κ3) is 3.81. The van der Waals surface area contributed by atoms with Crippen LogP contribution in [0.4, 0.5) is 5.69 Å². The number of aromatic amines is 1. The van der Waals surface area contributed by atoms with Gasteiger partial charge in [0.25, 0.3) is 15.6 Å². The number of nitrogens with zero attached hydrogens (tertiary/aromatic N) is 2. The second-order valence-electron chi connectivity index (χ2n) is 6.61. The second kappa shape index (κ2) is 7.71. The monoisotopic (exact) mass is 438 g/mol. The summed E-state index contributed by atoms with van der Waals surface area (Å²) in [5.74, 6) is 0. The third-order valence-corrected chi connectivity index (χ3v) is 6.23. The van der Waals surface area contributed by atoms with Gasteiger partial charge in [-0.15, -0.1) is 0 Å². The highest BCUT2D eigenvalue weighted by Crippen LogP contribution is 2.29. The fourth-order valence-corrected chi connectivity index (χ4v) is 4.49. The molecule has 0 bridgehead atoms. The van der Waals surface area contributed by atoms with E-state index >= 15 is 0 Å². The summed E-state index contributed by atoms with van der Waals surface area (Å²) in [6.07, 6.45) is 0. The quantitative estimate of drug-likeness (QED) is 0.495. The van der Waals surface area contributed by atoms with Gasteiger partial charge in [-0.25, -0.2) is 8.42 Å². The van der Waals surface area contributed by atoms with E-state index < -0.39 is 10.0 Å². The molecule has 4 aromatic rings. The van der Waals surface area contributed by atoms with Gasteiger partial charge in [0.15, 0.2) is 0 Å². The number of sulfonamides is 1. The molecular weight excluding hydrogens is 424 g/mol. The lowest BCUT2D eigenvalue weighted by Gasteiger charge is -2.11. The van der Waals surface area contributed by atoms with Crippen LogP contribution in [0.5, 0.6) is 0 Å². The van der Waals surface area contributed by atoms with Crippen LogP contribution in [0.1, 0.15) is 11.1 Å². The zero-order chi connectivity index (χ0) is 21.3. The SMILES string of the molecule is N#Cc1cccc(S(=O)(=O)Nc2cc3c(=O)[nH]n(Cc4ccccc4)c3cc2Cl)c1. The molecule has 0 fully saturated rings. The van der Waals surface area contributed by atoms with Crippen molar-refractivity contribution in [2.24, 2.45) is 0 Å². The van der Waals surface area contributed by atoms with Gasteiger partial charge in [0.05, 0.1) is 44.7 Å². The summed E-state index contributed by atoms with van der Waals surface area (Å²) in [5.41, 5.74) is 1.49. The van der Waals surface area contributed by atoms with Crippen LogP contribution in [-0.4, -0.2) is 18.2 Å². The van der Waals surface area contributed by atoms with Crippen LogP contribution in [0.25, 0.3) is 10.9 Å². The van der Waals surface area contributed by atoms with E-state index in [1.165, 1.54) is 30.3 Å². The van der Waals surface area contributed by atoms with Crippen molar-refractivity contribution < 1.29 is 8.42 Å². The lowest BCUT2D eigenvalue weighted by molar-refractivity contribution is 0.601. The Bertz CT molecular complexity index is 1450. The normalized spacial score (nSPS) is 11.3. The van der Waals surface area contributed by atoms with Crippen LogP contribution in [-0.2, 0) is 16.6 Å². The van der Waals surface area contributed by atoms with Gasteiger partial charge in [0.1, 0.15) is 0 Å². The van der Waals surface area contributed by atoms with Crippen LogP contribution in [0, 0.1) is 11.3 Å². The number of rotatable bonds is 5. The highest BCUT2D eigenvalue weighted by molar-refractivity contribution is 7.92. The van der Waals surface area contributed by atoms with Crippen LogP contribution >= 0.6 is 11.6 Å². The van der Waals surface area contributed by atoms with Crippen molar-refractivity contribution in [2.75, 3.05) is 4.72 Å². The molecule has 0 amide bonds. The maximum absolute atomic E-state index is 12.7. The number of aromatic nitrogens is 2. The molecule has 2 N–H and O–H groups in total. The number of halogens is 1. The molecular formula is C21H15ClN4O3S. The largest absolute Gasteiger partial charge is 0.280 e. The molecule has 1 aromatic heterocycles. The number of benzene rings is 3. The van der Waals surface area contributed by atoms with Gasteiger partial charge in [-0.3, -0.25) is 19.3 Å². The Morgan fingerprint density at radius 1 is 1.07 bits per heavy atom. The first kappa shape index (κ1) is 19.8. The van der Waals surface area contributed by atoms with Gasteiger partial charge in [-0.1, -0.05) is 48.0 Å². The fourth-order valence-electron chi connectivity index (χ4n) is 3.12. The Morgan fingerprint density at radius 2 is 1.83 bits per heavy atom. The van der Waals surface area contributed by atoms with Gasteiger partial charge in [-0.05, 0) is 35.9 Å². The molecule has 0 aliphatic carbocycles. The van der Waals surface area contributed by atoms with Crippen molar-refractivity contribution in [1.82, 2.24) is 9.78 Å². The molecule has 0 spiro atoms. The maximum Gasteiger partial charge on any atom is 0.272 e. The van der Waals surface area contributed by atoms with Gasteiger partial charge >= 0.3 is 0 Å². The lowest BCUT2D eigenvalue weighted by atomic mass is 10.2. The Kier molecular flexibility index (Phi) is 5.08. The van der Waals surface area contributed by atoms with E-state index in [9.17, 15) is 13.2 Å². The molecule has 0 aliphatic rings. The molecule has 3 aromatic carbocycles. The molecule has 1 heterocycles. The number of nitriles is 1. The van der Waals surface area contributed by atoms with Crippen molar-refractivity contribution in [3.63, 3.8) is 0 Å². The van der Waals surface area contributed by atoms with Crippen LogP contribution in [0.15, 0.2) is 76.4 Å². The zero-order valence-corrected chi connectivity index (χ0v) is 17.0. The first-order chi connectivity index (χ1) is 14.4. The third-order valence-electron chi connectivity index (χ3n) is 4.56. The average molecular weight is 439 g/mol. The predicted molar refractivity (Wildman–Crippen MR) is 115 cm³/mol. The highest BCUT2D eigenvalue weighted by Gasteiger charge is 2.18. The van der Waals surface area contributed by atoms with Crippen LogP contribution in [0.2, 0.25) is 5.02 Å². The molecule has 30 heavy (non-hydrogen) atoms. The van der Waals surface area contributed by atoms with Crippen LogP contribution in [0.3, 0.4) is 0 Å². The van der Waals surface area contributed by atoms with E-state index in [4.69, 9.17) is 16.9 Å². The van der Waals surface area contributed by atoms with Crippen molar-refractivity contribution in [3.8, 4) is 6.07 Å². The summed E-state index contributed by atoms with van der Waals surface area (Å²) in [4.78, 5) is 12.4. The zero-order valence-electron chi connectivity index (χ0n) is 15.5. The number of hydrogen-bond donors (Lipinski definition) is 2. The topological polar surface area (TPSA) is 108 Å². The maximum atomic E-state index is 12.7. The van der Waals surface area contributed by atoms with E-state index in [0.29, 0.717) is 17.4 Å². The molecule has 7 nitrogen and oxygen atoms in total. The standard InChI is InChI=1S/C21H15ClN4O3S/c22-18-11-20-17(21(27)24-26(20)13-14-5-2-1-3-6-14)10-19(18)25-30(28,29)16-8-4-7-15(9-16)12-23/h1-11,25H,13H2,(H,24,27). The fraction of sp³-hybridized carbons (Fsp3) is 0.0476. The van der Waals surface area contributed by atoms with Crippen molar-refractivity contribution in [3.05, 3.63) is 93.2 Å². The van der Waals surface area contributed by atoms with E-state index in [1.54, 1.807) is 10.7 Å². The Labute approximate surface area is 177 Å². The molecule has 0 saturated carbocycles. The first-order valence-electron chi connectivity index (χ1n) is 8.86. The Balaban J connectivity index is 1.72. The summed E-state index contributed by atoms with van der Waals surface area (Å²) in [6, 6.07) is 20.1. The van der Waals surface area contributed by atoms with Crippen molar-refractivity contribution in [2.45, 2.75) is 11.4 Å². The minimum atomic E-state index is -4.00. The number of fused-ring (bicyclic) bond motifs is 1. The summed E-state index contributed by atoms with van der Waals surface area (Å²) in [6.45, 7) is 0.432. The molecule has 9 heteroatoms. The van der Waals surface area contributed by atoms with Crippen molar-refractivity contribution >= 4 is 38.2 Å². The van der Waals surface area contributed by atoms with Gasteiger partial charge in [0.2, 0.25) is 0 Å². The Morgan fingerprint density at radius 3 is 2.57 bits per heavy atom. The van der Waals surface area contributed by atoms with E-state index in [2.05, 4.69) is 9.82 Å². The highest BCUT2D eigenvalue weighted by atomic mass is 35.5. The first-order valence-corrected chi connectivity index (χ1v) is 10.7. The molecule has 0 radical (unpaired) electrons. The molecule has 0 aliphatic heterocycles. The summed E-state index contributed by atoms with van der Waals surface area (Å²) in [5, 5.41) is 12.2. The van der Waals surface area contributed by atoms with E-state index in [-0.39, 0.29) is 26.7 Å².